The Hall–Kier alpha value is -3.43. The van der Waals surface area contributed by atoms with Gasteiger partial charge in [0.05, 0.1) is 24.5 Å². The maximum atomic E-state index is 9.89. The van der Waals surface area contributed by atoms with Crippen molar-refractivity contribution in [3.63, 3.8) is 0 Å². The highest BCUT2D eigenvalue weighted by Crippen LogP contribution is 2.26. The SMILES string of the molecule is Cc1ccccc1C=C(C#N)c1nnc(N2CCOCC2)n1-c1ccccc1. The summed E-state index contributed by atoms with van der Waals surface area (Å²) < 4.78 is 7.43. The second kappa shape index (κ2) is 8.07. The normalized spacial score (nSPS) is 14.7. The number of ether oxygens (including phenoxy) is 1. The molecule has 6 heteroatoms. The molecule has 2 heterocycles. The number of hydrogen-bond donors (Lipinski definition) is 0. The molecule has 1 aliphatic heterocycles. The van der Waals surface area contributed by atoms with E-state index in [-0.39, 0.29) is 0 Å². The number of aryl methyl sites for hydroxylation is 1. The van der Waals surface area contributed by atoms with Crippen molar-refractivity contribution < 1.29 is 4.74 Å². The van der Waals surface area contributed by atoms with Gasteiger partial charge in [0, 0.05) is 13.1 Å². The molecule has 0 aliphatic carbocycles. The number of allylic oxidation sites excluding steroid dienone is 1. The quantitative estimate of drug-likeness (QED) is 0.657. The van der Waals surface area contributed by atoms with Crippen molar-refractivity contribution in [2.24, 2.45) is 0 Å². The predicted molar refractivity (Wildman–Crippen MR) is 109 cm³/mol. The van der Waals surface area contributed by atoms with Crippen molar-refractivity contribution in [2.45, 2.75) is 6.92 Å². The van der Waals surface area contributed by atoms with Crippen LogP contribution in [0.5, 0.6) is 0 Å². The minimum Gasteiger partial charge on any atom is -0.378 e. The lowest BCUT2D eigenvalue weighted by atomic mass is 10.1. The molecule has 1 saturated heterocycles. The van der Waals surface area contributed by atoms with Crippen LogP contribution in [0.15, 0.2) is 54.6 Å². The van der Waals surface area contributed by atoms with Gasteiger partial charge < -0.3 is 9.64 Å². The number of para-hydroxylation sites is 1. The summed E-state index contributed by atoms with van der Waals surface area (Å²) >= 11 is 0. The third-order valence-corrected chi connectivity index (χ3v) is 4.80. The Morgan fingerprint density at radius 2 is 1.75 bits per heavy atom. The molecule has 6 nitrogen and oxygen atoms in total. The second-order valence-electron chi connectivity index (χ2n) is 6.62. The summed E-state index contributed by atoms with van der Waals surface area (Å²) in [5, 5.41) is 18.7. The molecule has 2 aromatic carbocycles. The van der Waals surface area contributed by atoms with E-state index < -0.39 is 0 Å². The Kier molecular flexibility index (Phi) is 5.18. The van der Waals surface area contributed by atoms with Crippen LogP contribution in [0.1, 0.15) is 17.0 Å². The van der Waals surface area contributed by atoms with Gasteiger partial charge in [-0.3, -0.25) is 4.57 Å². The largest absolute Gasteiger partial charge is 0.378 e. The fraction of sp³-hybridized carbons (Fsp3) is 0.227. The molecule has 3 aromatic rings. The average Bonchev–Trinajstić information content (AvgIpc) is 3.19. The summed E-state index contributed by atoms with van der Waals surface area (Å²) in [5.74, 6) is 1.27. The van der Waals surface area contributed by atoms with Crippen LogP contribution in [0, 0.1) is 18.3 Å². The lowest BCUT2D eigenvalue weighted by Crippen LogP contribution is -2.38. The third kappa shape index (κ3) is 3.53. The smallest absolute Gasteiger partial charge is 0.232 e. The molecule has 0 saturated carbocycles. The first-order valence-electron chi connectivity index (χ1n) is 9.29. The van der Waals surface area contributed by atoms with Crippen LogP contribution in [0.4, 0.5) is 5.95 Å². The molecular weight excluding hydrogens is 350 g/mol. The number of nitriles is 1. The highest BCUT2D eigenvalue weighted by atomic mass is 16.5. The van der Waals surface area contributed by atoms with Crippen molar-refractivity contribution in [3.8, 4) is 11.8 Å². The molecular formula is C22H21N5O. The Morgan fingerprint density at radius 1 is 1.04 bits per heavy atom. The Morgan fingerprint density at radius 3 is 2.46 bits per heavy atom. The lowest BCUT2D eigenvalue weighted by Gasteiger charge is -2.28. The van der Waals surface area contributed by atoms with Gasteiger partial charge in [-0.1, -0.05) is 42.5 Å². The summed E-state index contributed by atoms with van der Waals surface area (Å²) in [7, 11) is 0. The zero-order valence-electron chi connectivity index (χ0n) is 15.7. The second-order valence-corrected chi connectivity index (χ2v) is 6.62. The van der Waals surface area contributed by atoms with Gasteiger partial charge in [0.15, 0.2) is 5.82 Å². The molecule has 1 aromatic heterocycles. The summed E-state index contributed by atoms with van der Waals surface area (Å²) in [6, 6.07) is 20.2. The fourth-order valence-electron chi connectivity index (χ4n) is 3.28. The molecule has 0 amide bonds. The highest BCUT2D eigenvalue weighted by Gasteiger charge is 2.23. The zero-order valence-corrected chi connectivity index (χ0v) is 15.7. The van der Waals surface area contributed by atoms with Crippen LogP contribution < -0.4 is 4.90 Å². The number of morpholine rings is 1. The van der Waals surface area contributed by atoms with Crippen LogP contribution in [-0.2, 0) is 4.74 Å². The van der Waals surface area contributed by atoms with Crippen molar-refractivity contribution in [1.82, 2.24) is 14.8 Å². The molecule has 4 rings (SSSR count). The number of benzene rings is 2. The third-order valence-electron chi connectivity index (χ3n) is 4.80. The van der Waals surface area contributed by atoms with Crippen molar-refractivity contribution in [2.75, 3.05) is 31.2 Å². The Labute approximate surface area is 164 Å². The van der Waals surface area contributed by atoms with E-state index in [9.17, 15) is 5.26 Å². The molecule has 0 bridgehead atoms. The van der Waals surface area contributed by atoms with E-state index in [1.165, 1.54) is 0 Å². The van der Waals surface area contributed by atoms with Gasteiger partial charge in [-0.15, -0.1) is 10.2 Å². The van der Waals surface area contributed by atoms with Gasteiger partial charge in [0.25, 0.3) is 0 Å². The topological polar surface area (TPSA) is 67.0 Å². The number of aromatic nitrogens is 3. The summed E-state index contributed by atoms with van der Waals surface area (Å²) in [6.07, 6.45) is 1.88. The summed E-state index contributed by atoms with van der Waals surface area (Å²) in [5.41, 5.74) is 3.50. The van der Waals surface area contributed by atoms with Crippen molar-refractivity contribution in [1.29, 1.82) is 5.26 Å². The van der Waals surface area contributed by atoms with E-state index in [1.807, 2.05) is 72.2 Å². The zero-order chi connectivity index (χ0) is 19.3. The van der Waals surface area contributed by atoms with Gasteiger partial charge >= 0.3 is 0 Å². The van der Waals surface area contributed by atoms with Crippen molar-refractivity contribution >= 4 is 17.6 Å². The van der Waals surface area contributed by atoms with Gasteiger partial charge in [-0.2, -0.15) is 5.26 Å². The van der Waals surface area contributed by atoms with Gasteiger partial charge in [0.2, 0.25) is 5.95 Å². The maximum Gasteiger partial charge on any atom is 0.232 e. The molecule has 0 radical (unpaired) electrons. The van der Waals surface area contributed by atoms with E-state index in [4.69, 9.17) is 4.74 Å². The lowest BCUT2D eigenvalue weighted by molar-refractivity contribution is 0.122. The minimum absolute atomic E-state index is 0.477. The molecule has 28 heavy (non-hydrogen) atoms. The van der Waals surface area contributed by atoms with Gasteiger partial charge in [-0.25, -0.2) is 0 Å². The molecule has 1 aliphatic rings. The minimum atomic E-state index is 0.477. The van der Waals surface area contributed by atoms with Crippen LogP contribution in [0.25, 0.3) is 17.3 Å². The van der Waals surface area contributed by atoms with E-state index in [1.54, 1.807) is 0 Å². The van der Waals surface area contributed by atoms with Crippen LogP contribution in [0.3, 0.4) is 0 Å². The highest BCUT2D eigenvalue weighted by molar-refractivity contribution is 5.88. The number of anilines is 1. The monoisotopic (exact) mass is 371 g/mol. The molecule has 0 atom stereocenters. The van der Waals surface area contributed by atoms with E-state index in [0.717, 1.165) is 35.9 Å². The first-order chi connectivity index (χ1) is 13.8. The molecule has 0 unspecified atom stereocenters. The van der Waals surface area contributed by atoms with Gasteiger partial charge in [-0.05, 0) is 36.3 Å². The molecule has 140 valence electrons. The molecule has 0 N–H and O–H groups in total. The fourth-order valence-corrected chi connectivity index (χ4v) is 3.28. The standard InChI is InChI=1S/C22H21N5O/c1-17-7-5-6-8-18(17)15-19(16-23)21-24-25-22(26-11-13-28-14-12-26)27(21)20-9-3-2-4-10-20/h2-10,15H,11-14H2,1H3. The Balaban J connectivity index is 1.85. The van der Waals surface area contributed by atoms with E-state index in [0.29, 0.717) is 24.6 Å². The van der Waals surface area contributed by atoms with Crippen LogP contribution in [0.2, 0.25) is 0 Å². The van der Waals surface area contributed by atoms with Gasteiger partial charge in [0.1, 0.15) is 6.07 Å². The first kappa shape index (κ1) is 18.0. The van der Waals surface area contributed by atoms with Crippen LogP contribution in [-0.4, -0.2) is 41.1 Å². The van der Waals surface area contributed by atoms with E-state index in [2.05, 4.69) is 21.2 Å². The maximum absolute atomic E-state index is 9.89. The molecule has 0 spiro atoms. The van der Waals surface area contributed by atoms with Crippen LogP contribution >= 0.6 is 0 Å². The van der Waals surface area contributed by atoms with E-state index >= 15 is 0 Å². The molecule has 1 fully saturated rings. The predicted octanol–water partition coefficient (Wildman–Crippen LogP) is 3.48. The average molecular weight is 371 g/mol. The summed E-state index contributed by atoms with van der Waals surface area (Å²) in [6.45, 7) is 4.83. The van der Waals surface area contributed by atoms with Crippen molar-refractivity contribution in [3.05, 3.63) is 71.5 Å². The number of nitrogens with zero attached hydrogens (tertiary/aromatic N) is 5. The summed E-state index contributed by atoms with van der Waals surface area (Å²) in [4.78, 5) is 2.15. The Bertz CT molecular complexity index is 1030. The number of rotatable bonds is 4. The number of hydrogen-bond acceptors (Lipinski definition) is 5. The first-order valence-corrected chi connectivity index (χ1v) is 9.29.